The van der Waals surface area contributed by atoms with Crippen LogP contribution < -0.4 is 0 Å². The van der Waals surface area contributed by atoms with E-state index in [9.17, 15) is 18.0 Å². The van der Waals surface area contributed by atoms with Crippen molar-refractivity contribution in [1.82, 2.24) is 14.6 Å². The first-order valence-electron chi connectivity index (χ1n) is 5.68. The fourth-order valence-electron chi connectivity index (χ4n) is 1.56. The first-order valence-corrected chi connectivity index (χ1v) is 5.68. The van der Waals surface area contributed by atoms with Gasteiger partial charge in [-0.15, -0.1) is 10.2 Å². The van der Waals surface area contributed by atoms with Crippen LogP contribution in [0.5, 0.6) is 0 Å². The number of pyridine rings is 1. The molecule has 0 atom stereocenters. The van der Waals surface area contributed by atoms with Crippen LogP contribution in [0.2, 0.25) is 0 Å². The molecule has 0 aliphatic heterocycles. The van der Waals surface area contributed by atoms with Gasteiger partial charge in [-0.25, -0.2) is 4.79 Å². The summed E-state index contributed by atoms with van der Waals surface area (Å²) >= 11 is 0. The van der Waals surface area contributed by atoms with Gasteiger partial charge in [0.2, 0.25) is 5.82 Å². The zero-order valence-electron chi connectivity index (χ0n) is 10.4. The zero-order valence-corrected chi connectivity index (χ0v) is 10.4. The van der Waals surface area contributed by atoms with E-state index in [1.54, 1.807) is 6.92 Å². The molecule has 0 spiro atoms. The smallest absolute Gasteiger partial charge is 0.452 e. The molecule has 106 valence electrons. The lowest BCUT2D eigenvalue weighted by molar-refractivity contribution is -0.145. The van der Waals surface area contributed by atoms with Crippen LogP contribution in [0.4, 0.5) is 13.2 Å². The number of esters is 1. The Kier molecular flexibility index (Phi) is 3.73. The summed E-state index contributed by atoms with van der Waals surface area (Å²) in [6.45, 7) is 1.92. The highest BCUT2D eigenvalue weighted by molar-refractivity contribution is 5.87. The third-order valence-corrected chi connectivity index (χ3v) is 2.39. The molecule has 0 fully saturated rings. The van der Waals surface area contributed by atoms with Gasteiger partial charge in [0.05, 0.1) is 6.61 Å². The third kappa shape index (κ3) is 2.95. The predicted molar refractivity (Wildman–Crippen MR) is 63.7 cm³/mol. The van der Waals surface area contributed by atoms with Crippen LogP contribution in [0.3, 0.4) is 0 Å². The van der Waals surface area contributed by atoms with Crippen LogP contribution in [0.25, 0.3) is 11.7 Å². The minimum Gasteiger partial charge on any atom is -0.463 e. The van der Waals surface area contributed by atoms with E-state index in [1.807, 2.05) is 0 Å². The molecule has 0 saturated heterocycles. The lowest BCUT2D eigenvalue weighted by atomic mass is 10.2. The molecule has 2 heterocycles. The molecule has 0 N–H and O–H groups in total. The van der Waals surface area contributed by atoms with Crippen molar-refractivity contribution in [3.8, 4) is 0 Å². The fourth-order valence-corrected chi connectivity index (χ4v) is 1.56. The topological polar surface area (TPSA) is 56.5 Å². The summed E-state index contributed by atoms with van der Waals surface area (Å²) in [5.41, 5.74) is 0.565. The zero-order chi connectivity index (χ0) is 14.8. The van der Waals surface area contributed by atoms with E-state index < -0.39 is 18.0 Å². The van der Waals surface area contributed by atoms with Crippen LogP contribution in [0, 0.1) is 0 Å². The minimum absolute atomic E-state index is 0.0448. The van der Waals surface area contributed by atoms with Gasteiger partial charge in [0.15, 0.2) is 5.65 Å². The Balaban J connectivity index is 2.30. The normalized spacial score (nSPS) is 12.2. The van der Waals surface area contributed by atoms with Crippen LogP contribution >= 0.6 is 0 Å². The SMILES string of the molecule is CCOC(=O)/C=C/c1ccn2c(C(F)(F)F)nnc2c1. The standard InChI is InChI=1S/C12H10F3N3O2/c1-2-20-10(19)4-3-8-5-6-18-9(7-8)16-17-11(18)12(13,14)15/h3-7H,2H2,1H3/b4-3+. The van der Waals surface area contributed by atoms with Gasteiger partial charge in [0, 0.05) is 12.3 Å². The second kappa shape index (κ2) is 5.32. The number of carbonyl (C=O) groups excluding carboxylic acids is 1. The Morgan fingerprint density at radius 1 is 1.45 bits per heavy atom. The lowest BCUT2D eigenvalue weighted by Crippen LogP contribution is -2.10. The molecule has 0 unspecified atom stereocenters. The van der Waals surface area contributed by atoms with Crippen molar-refractivity contribution in [1.29, 1.82) is 0 Å². The van der Waals surface area contributed by atoms with E-state index in [2.05, 4.69) is 10.2 Å². The number of rotatable bonds is 3. The second-order valence-corrected chi connectivity index (χ2v) is 3.80. The molecular weight excluding hydrogens is 275 g/mol. The van der Waals surface area contributed by atoms with Crippen molar-refractivity contribution < 1.29 is 22.7 Å². The Morgan fingerprint density at radius 2 is 2.20 bits per heavy atom. The minimum atomic E-state index is -4.57. The molecule has 0 saturated carbocycles. The molecule has 8 heteroatoms. The van der Waals surface area contributed by atoms with E-state index in [1.165, 1.54) is 30.5 Å². The molecule has 0 aliphatic carbocycles. The van der Waals surface area contributed by atoms with E-state index >= 15 is 0 Å². The van der Waals surface area contributed by atoms with Gasteiger partial charge in [0.1, 0.15) is 0 Å². The van der Waals surface area contributed by atoms with Gasteiger partial charge in [-0.3, -0.25) is 4.40 Å². The molecular formula is C12H10F3N3O2. The van der Waals surface area contributed by atoms with E-state index in [4.69, 9.17) is 4.74 Å². The van der Waals surface area contributed by atoms with Crippen LogP contribution in [0.1, 0.15) is 18.3 Å². The molecule has 2 aromatic heterocycles. The summed E-state index contributed by atoms with van der Waals surface area (Å²) in [5.74, 6) is -1.61. The maximum Gasteiger partial charge on any atom is 0.452 e. The Hall–Kier alpha value is -2.38. The van der Waals surface area contributed by atoms with Gasteiger partial charge in [0.25, 0.3) is 0 Å². The second-order valence-electron chi connectivity index (χ2n) is 3.80. The van der Waals surface area contributed by atoms with Crippen LogP contribution in [-0.4, -0.2) is 27.2 Å². The van der Waals surface area contributed by atoms with E-state index in [0.717, 1.165) is 4.40 Å². The summed E-state index contributed by atoms with van der Waals surface area (Å²) in [6.07, 6.45) is -0.749. The number of hydrogen-bond acceptors (Lipinski definition) is 4. The number of hydrogen-bond donors (Lipinski definition) is 0. The lowest BCUT2D eigenvalue weighted by Gasteiger charge is -2.03. The number of halogens is 3. The molecule has 0 amide bonds. The summed E-state index contributed by atoms with van der Waals surface area (Å²) in [6, 6.07) is 2.80. The van der Waals surface area contributed by atoms with Crippen LogP contribution in [-0.2, 0) is 15.7 Å². The van der Waals surface area contributed by atoms with E-state index in [0.29, 0.717) is 5.56 Å². The first kappa shape index (κ1) is 14.0. The average molecular weight is 285 g/mol. The van der Waals surface area contributed by atoms with Crippen molar-refractivity contribution in [2.24, 2.45) is 0 Å². The number of fused-ring (bicyclic) bond motifs is 1. The van der Waals surface area contributed by atoms with Gasteiger partial charge in [-0.1, -0.05) is 0 Å². The largest absolute Gasteiger partial charge is 0.463 e. The molecule has 0 radical (unpaired) electrons. The number of nitrogens with zero attached hydrogens (tertiary/aromatic N) is 3. The number of carbonyl (C=O) groups is 1. The van der Waals surface area contributed by atoms with Crippen molar-refractivity contribution in [2.45, 2.75) is 13.1 Å². The summed E-state index contributed by atoms with van der Waals surface area (Å²) in [4.78, 5) is 11.1. The summed E-state index contributed by atoms with van der Waals surface area (Å²) < 4.78 is 43.3. The predicted octanol–water partition coefficient (Wildman–Crippen LogP) is 2.32. The molecule has 5 nitrogen and oxygen atoms in total. The number of ether oxygens (including phenoxy) is 1. The summed E-state index contributed by atoms with van der Waals surface area (Å²) in [5, 5.41) is 6.56. The molecule has 0 aromatic carbocycles. The molecule has 0 aliphatic rings. The van der Waals surface area contributed by atoms with Gasteiger partial charge < -0.3 is 4.74 Å². The van der Waals surface area contributed by atoms with Crippen molar-refractivity contribution in [3.63, 3.8) is 0 Å². The number of aromatic nitrogens is 3. The van der Waals surface area contributed by atoms with E-state index in [-0.39, 0.29) is 12.3 Å². The molecule has 20 heavy (non-hydrogen) atoms. The van der Waals surface area contributed by atoms with Crippen molar-refractivity contribution in [2.75, 3.05) is 6.61 Å². The Labute approximate surface area is 111 Å². The van der Waals surface area contributed by atoms with Gasteiger partial charge in [-0.2, -0.15) is 13.2 Å². The highest BCUT2D eigenvalue weighted by atomic mass is 19.4. The Bertz CT molecular complexity index is 662. The summed E-state index contributed by atoms with van der Waals surface area (Å²) in [7, 11) is 0. The first-order chi connectivity index (χ1) is 9.41. The monoisotopic (exact) mass is 285 g/mol. The fraction of sp³-hybridized carbons (Fsp3) is 0.250. The van der Waals surface area contributed by atoms with Gasteiger partial charge >= 0.3 is 12.1 Å². The van der Waals surface area contributed by atoms with Gasteiger partial charge in [-0.05, 0) is 30.7 Å². The third-order valence-electron chi connectivity index (χ3n) is 2.39. The highest BCUT2D eigenvalue weighted by Gasteiger charge is 2.36. The maximum absolute atomic E-state index is 12.6. The van der Waals surface area contributed by atoms with Crippen molar-refractivity contribution in [3.05, 3.63) is 35.8 Å². The molecule has 2 aromatic rings. The Morgan fingerprint density at radius 3 is 2.85 bits per heavy atom. The number of alkyl halides is 3. The average Bonchev–Trinajstić information content (AvgIpc) is 2.79. The molecule has 2 rings (SSSR count). The molecule has 0 bridgehead atoms. The quantitative estimate of drug-likeness (QED) is 0.641. The van der Waals surface area contributed by atoms with Crippen LogP contribution in [0.15, 0.2) is 24.4 Å². The maximum atomic E-state index is 12.6. The van der Waals surface area contributed by atoms with Crippen molar-refractivity contribution >= 4 is 17.7 Å². The highest BCUT2D eigenvalue weighted by Crippen LogP contribution is 2.27.